The van der Waals surface area contributed by atoms with Gasteiger partial charge in [-0.2, -0.15) is 0 Å². The Morgan fingerprint density at radius 1 is 1.31 bits per heavy atom. The van der Waals surface area contributed by atoms with Crippen LogP contribution in [0.25, 0.3) is 0 Å². The van der Waals surface area contributed by atoms with Gasteiger partial charge in [-0.05, 0) is 34.7 Å². The van der Waals surface area contributed by atoms with E-state index in [1.54, 1.807) is 7.11 Å². The molecule has 86 valence electrons. The van der Waals surface area contributed by atoms with Gasteiger partial charge in [-0.15, -0.1) is 0 Å². The van der Waals surface area contributed by atoms with Crippen LogP contribution in [0.15, 0.2) is 24.3 Å². The number of benzene rings is 1. The van der Waals surface area contributed by atoms with E-state index in [2.05, 4.69) is 13.8 Å². The number of rotatable bonds is 3. The van der Waals surface area contributed by atoms with Gasteiger partial charge in [0.25, 0.3) is 0 Å². The van der Waals surface area contributed by atoms with E-state index in [4.69, 9.17) is 16.3 Å². The Hall–Kier alpha value is -1.02. The zero-order chi connectivity index (χ0) is 11.9. The molecule has 3 heteroatoms. The van der Waals surface area contributed by atoms with Crippen LogP contribution in [0, 0.1) is 11.3 Å². The standard InChI is InChI=1S/C13H15ClO2/c1-13(2)10(11(13)12(14)15)8-4-6-9(16-3)7-5-8/h4-7,10-11H,1-3H3/t10-,11+/m1/s1. The van der Waals surface area contributed by atoms with Gasteiger partial charge >= 0.3 is 0 Å². The Morgan fingerprint density at radius 3 is 2.25 bits per heavy atom. The summed E-state index contributed by atoms with van der Waals surface area (Å²) in [7, 11) is 1.64. The number of ether oxygens (including phenoxy) is 1. The highest BCUT2D eigenvalue weighted by atomic mass is 35.5. The average molecular weight is 239 g/mol. The third kappa shape index (κ3) is 1.71. The molecular formula is C13H15ClO2. The number of carbonyl (C=O) groups is 1. The van der Waals surface area contributed by atoms with Crippen molar-refractivity contribution in [3.05, 3.63) is 29.8 Å². The maximum Gasteiger partial charge on any atom is 0.225 e. The summed E-state index contributed by atoms with van der Waals surface area (Å²) in [6.45, 7) is 4.15. The van der Waals surface area contributed by atoms with Crippen LogP contribution in [0.3, 0.4) is 0 Å². The first kappa shape index (κ1) is 11.5. The van der Waals surface area contributed by atoms with Gasteiger partial charge in [-0.1, -0.05) is 26.0 Å². The molecule has 1 aliphatic rings. The van der Waals surface area contributed by atoms with Crippen LogP contribution >= 0.6 is 11.6 Å². The van der Waals surface area contributed by atoms with Crippen LogP contribution < -0.4 is 4.74 Å². The second-order valence-corrected chi connectivity index (χ2v) is 5.23. The predicted octanol–water partition coefficient (Wildman–Crippen LogP) is 3.20. The minimum absolute atomic E-state index is 0.0204. The molecule has 1 saturated carbocycles. The largest absolute Gasteiger partial charge is 0.497 e. The number of methoxy groups -OCH3 is 1. The van der Waals surface area contributed by atoms with E-state index in [0.717, 1.165) is 11.3 Å². The molecule has 0 radical (unpaired) electrons. The van der Waals surface area contributed by atoms with Crippen molar-refractivity contribution in [3.8, 4) is 5.75 Å². The molecule has 2 nitrogen and oxygen atoms in total. The first-order valence-electron chi connectivity index (χ1n) is 5.31. The van der Waals surface area contributed by atoms with Crippen LogP contribution in [-0.4, -0.2) is 12.4 Å². The second-order valence-electron chi connectivity index (χ2n) is 4.85. The molecule has 0 saturated heterocycles. The number of hydrogen-bond acceptors (Lipinski definition) is 2. The molecule has 2 rings (SSSR count). The first-order valence-corrected chi connectivity index (χ1v) is 5.69. The Labute approximate surface area is 101 Å². The van der Waals surface area contributed by atoms with Crippen LogP contribution in [0.2, 0.25) is 0 Å². The quantitative estimate of drug-likeness (QED) is 0.756. The lowest BCUT2D eigenvalue weighted by Gasteiger charge is -2.04. The SMILES string of the molecule is COc1ccc([C@@H]2[C@@H](C(=O)Cl)C2(C)C)cc1. The van der Waals surface area contributed by atoms with Crippen molar-refractivity contribution in [2.45, 2.75) is 19.8 Å². The zero-order valence-corrected chi connectivity index (χ0v) is 10.4. The van der Waals surface area contributed by atoms with E-state index < -0.39 is 0 Å². The Kier molecular flexibility index (Phi) is 2.70. The number of carbonyl (C=O) groups excluding carboxylic acids is 1. The van der Waals surface area contributed by atoms with E-state index in [-0.39, 0.29) is 22.5 Å². The van der Waals surface area contributed by atoms with Crippen molar-refractivity contribution in [1.82, 2.24) is 0 Å². The fourth-order valence-corrected chi connectivity index (χ4v) is 2.90. The molecule has 0 amide bonds. The van der Waals surface area contributed by atoms with Crippen LogP contribution in [0.4, 0.5) is 0 Å². The van der Waals surface area contributed by atoms with Gasteiger partial charge in [0.05, 0.1) is 7.11 Å². The topological polar surface area (TPSA) is 26.3 Å². The highest BCUT2D eigenvalue weighted by Gasteiger charge is 2.61. The minimum Gasteiger partial charge on any atom is -0.497 e. The van der Waals surface area contributed by atoms with Crippen molar-refractivity contribution in [2.24, 2.45) is 11.3 Å². The molecule has 1 aliphatic carbocycles. The van der Waals surface area contributed by atoms with E-state index in [1.807, 2.05) is 24.3 Å². The lowest BCUT2D eigenvalue weighted by Crippen LogP contribution is -1.96. The first-order chi connectivity index (χ1) is 7.48. The smallest absolute Gasteiger partial charge is 0.225 e. The summed E-state index contributed by atoms with van der Waals surface area (Å²) in [6, 6.07) is 7.84. The molecule has 0 aliphatic heterocycles. The van der Waals surface area contributed by atoms with E-state index in [1.165, 1.54) is 0 Å². The summed E-state index contributed by atoms with van der Waals surface area (Å²) in [5.74, 6) is 1.02. The van der Waals surface area contributed by atoms with Crippen molar-refractivity contribution in [3.63, 3.8) is 0 Å². The summed E-state index contributed by atoms with van der Waals surface area (Å²) in [5, 5.41) is -0.231. The molecule has 1 fully saturated rings. The second kappa shape index (κ2) is 3.77. The van der Waals surface area contributed by atoms with Crippen molar-refractivity contribution < 1.29 is 9.53 Å². The summed E-state index contributed by atoms with van der Waals surface area (Å²) < 4.78 is 5.10. The lowest BCUT2D eigenvalue weighted by molar-refractivity contribution is -0.113. The normalized spacial score (nSPS) is 26.2. The maximum absolute atomic E-state index is 11.3. The molecule has 0 heterocycles. The molecule has 16 heavy (non-hydrogen) atoms. The summed E-state index contributed by atoms with van der Waals surface area (Å²) in [4.78, 5) is 11.3. The minimum atomic E-state index is -0.231. The fraction of sp³-hybridized carbons (Fsp3) is 0.462. The van der Waals surface area contributed by atoms with Gasteiger partial charge in [0.15, 0.2) is 0 Å². The van der Waals surface area contributed by atoms with E-state index in [9.17, 15) is 4.79 Å². The average Bonchev–Trinajstić information content (AvgIpc) is 2.82. The Morgan fingerprint density at radius 2 is 1.88 bits per heavy atom. The molecule has 0 spiro atoms. The lowest BCUT2D eigenvalue weighted by atomic mass is 10.0. The third-order valence-corrected chi connectivity index (χ3v) is 3.78. The molecule has 2 atom stereocenters. The Bertz CT molecular complexity index is 408. The predicted molar refractivity (Wildman–Crippen MR) is 63.9 cm³/mol. The van der Waals surface area contributed by atoms with Crippen molar-refractivity contribution >= 4 is 16.8 Å². The molecule has 1 aromatic carbocycles. The zero-order valence-electron chi connectivity index (χ0n) is 9.66. The molecule has 0 bridgehead atoms. The molecule has 0 unspecified atom stereocenters. The molecule has 0 N–H and O–H groups in total. The monoisotopic (exact) mass is 238 g/mol. The van der Waals surface area contributed by atoms with Crippen LogP contribution in [0.1, 0.15) is 25.3 Å². The van der Waals surface area contributed by atoms with Crippen molar-refractivity contribution in [1.29, 1.82) is 0 Å². The highest BCUT2D eigenvalue weighted by molar-refractivity contribution is 6.64. The van der Waals surface area contributed by atoms with Gasteiger partial charge in [-0.25, -0.2) is 0 Å². The molecule has 0 aromatic heterocycles. The van der Waals surface area contributed by atoms with Gasteiger partial charge in [0.2, 0.25) is 5.24 Å². The Balaban J connectivity index is 2.23. The third-order valence-electron chi connectivity index (χ3n) is 3.55. The summed E-state index contributed by atoms with van der Waals surface area (Å²) >= 11 is 5.60. The van der Waals surface area contributed by atoms with Crippen LogP contribution in [0.5, 0.6) is 5.75 Å². The number of hydrogen-bond donors (Lipinski definition) is 0. The summed E-state index contributed by atoms with van der Waals surface area (Å²) in [5.41, 5.74) is 1.14. The maximum atomic E-state index is 11.3. The molecule has 1 aromatic rings. The highest BCUT2D eigenvalue weighted by Crippen LogP contribution is 2.65. The van der Waals surface area contributed by atoms with Gasteiger partial charge < -0.3 is 4.74 Å². The van der Waals surface area contributed by atoms with Crippen LogP contribution in [-0.2, 0) is 4.79 Å². The van der Waals surface area contributed by atoms with Gasteiger partial charge in [0, 0.05) is 11.8 Å². The van der Waals surface area contributed by atoms with Crippen molar-refractivity contribution in [2.75, 3.05) is 7.11 Å². The van der Waals surface area contributed by atoms with Gasteiger partial charge in [-0.3, -0.25) is 4.79 Å². The van der Waals surface area contributed by atoms with Gasteiger partial charge in [0.1, 0.15) is 5.75 Å². The molecular weight excluding hydrogens is 224 g/mol. The van der Waals surface area contributed by atoms with E-state index >= 15 is 0 Å². The van der Waals surface area contributed by atoms with E-state index in [0.29, 0.717) is 0 Å². The fourth-order valence-electron chi connectivity index (χ4n) is 2.49. The number of halogens is 1. The summed E-state index contributed by atoms with van der Waals surface area (Å²) in [6.07, 6.45) is 0.